The van der Waals surface area contributed by atoms with Crippen molar-refractivity contribution in [2.75, 3.05) is 31.4 Å². The van der Waals surface area contributed by atoms with Gasteiger partial charge in [0.2, 0.25) is 5.91 Å². The van der Waals surface area contributed by atoms with Crippen LogP contribution in [-0.4, -0.2) is 31.7 Å². The zero-order valence-corrected chi connectivity index (χ0v) is 16.6. The molecule has 3 aromatic rings. The van der Waals surface area contributed by atoms with Crippen molar-refractivity contribution in [1.29, 1.82) is 0 Å². The minimum Gasteiger partial charge on any atom is -0.493 e. The lowest BCUT2D eigenvalue weighted by molar-refractivity contribution is -0.115. The van der Waals surface area contributed by atoms with Gasteiger partial charge in [0.05, 0.1) is 32.5 Å². The van der Waals surface area contributed by atoms with E-state index in [0.29, 0.717) is 17.2 Å². The van der Waals surface area contributed by atoms with Gasteiger partial charge in [-0.2, -0.15) is 0 Å². The average Bonchev–Trinajstić information content (AvgIpc) is 2.75. The zero-order valence-electron chi connectivity index (χ0n) is 16.6. The largest absolute Gasteiger partial charge is 0.493 e. The molecule has 6 nitrogen and oxygen atoms in total. The number of pyridine rings is 1. The Morgan fingerprint density at radius 1 is 0.931 bits per heavy atom. The Morgan fingerprint density at radius 3 is 2.41 bits per heavy atom. The first-order valence-corrected chi connectivity index (χ1v) is 9.42. The topological polar surface area (TPSA) is 72.5 Å². The summed E-state index contributed by atoms with van der Waals surface area (Å²) in [6, 6.07) is 19.4. The highest BCUT2D eigenvalue weighted by atomic mass is 16.5. The molecule has 0 saturated carbocycles. The highest BCUT2D eigenvalue weighted by Crippen LogP contribution is 2.27. The predicted octanol–water partition coefficient (Wildman–Crippen LogP) is 3.93. The number of hydrogen-bond donors (Lipinski definition) is 2. The van der Waals surface area contributed by atoms with Gasteiger partial charge in [-0.05, 0) is 41.8 Å². The van der Waals surface area contributed by atoms with E-state index < -0.39 is 0 Å². The van der Waals surface area contributed by atoms with Crippen molar-refractivity contribution in [2.45, 2.75) is 12.8 Å². The maximum Gasteiger partial charge on any atom is 0.228 e. The highest BCUT2D eigenvalue weighted by molar-refractivity contribution is 5.92. The summed E-state index contributed by atoms with van der Waals surface area (Å²) in [6.07, 6.45) is 2.81. The second-order valence-electron chi connectivity index (χ2n) is 6.51. The van der Waals surface area contributed by atoms with Gasteiger partial charge in [0.25, 0.3) is 0 Å². The third-order valence-corrected chi connectivity index (χ3v) is 4.42. The number of carbonyl (C=O) groups is 1. The molecule has 1 heterocycles. The van der Waals surface area contributed by atoms with Crippen LogP contribution in [0.4, 0.5) is 11.5 Å². The first-order valence-electron chi connectivity index (χ1n) is 9.42. The van der Waals surface area contributed by atoms with Gasteiger partial charge in [0.15, 0.2) is 11.5 Å². The van der Waals surface area contributed by atoms with Gasteiger partial charge >= 0.3 is 0 Å². The fourth-order valence-corrected chi connectivity index (χ4v) is 2.93. The lowest BCUT2D eigenvalue weighted by atomic mass is 10.1. The third kappa shape index (κ3) is 5.97. The summed E-state index contributed by atoms with van der Waals surface area (Å²) < 4.78 is 10.5. The van der Waals surface area contributed by atoms with E-state index in [-0.39, 0.29) is 12.3 Å². The summed E-state index contributed by atoms with van der Waals surface area (Å²) in [4.78, 5) is 16.7. The van der Waals surface area contributed by atoms with Crippen LogP contribution in [0.3, 0.4) is 0 Å². The fraction of sp³-hybridized carbons (Fsp3) is 0.217. The predicted molar refractivity (Wildman–Crippen MR) is 115 cm³/mol. The minimum atomic E-state index is -0.121. The normalized spacial score (nSPS) is 10.3. The van der Waals surface area contributed by atoms with Gasteiger partial charge in [-0.25, -0.2) is 4.98 Å². The van der Waals surface area contributed by atoms with Crippen LogP contribution in [0.25, 0.3) is 0 Å². The summed E-state index contributed by atoms with van der Waals surface area (Å²) in [5, 5.41) is 6.15. The number of anilines is 2. The SMILES string of the molecule is COc1ccc(CC(=O)Nc2ccc(NCCc3ccccc3)nc2)cc1OC. The van der Waals surface area contributed by atoms with E-state index >= 15 is 0 Å². The number of rotatable bonds is 9. The molecule has 0 aliphatic heterocycles. The van der Waals surface area contributed by atoms with Crippen LogP contribution in [0.2, 0.25) is 0 Å². The van der Waals surface area contributed by atoms with Crippen LogP contribution < -0.4 is 20.1 Å². The van der Waals surface area contributed by atoms with Crippen LogP contribution in [0.5, 0.6) is 11.5 Å². The molecule has 3 rings (SSSR count). The summed E-state index contributed by atoms with van der Waals surface area (Å²) in [5.41, 5.74) is 2.77. The first kappa shape index (κ1) is 20.2. The third-order valence-electron chi connectivity index (χ3n) is 4.42. The fourth-order valence-electron chi connectivity index (χ4n) is 2.93. The molecule has 0 saturated heterocycles. The second kappa shape index (κ2) is 10.1. The van der Waals surface area contributed by atoms with Gasteiger partial charge in [-0.15, -0.1) is 0 Å². The van der Waals surface area contributed by atoms with Crippen LogP contribution in [0.1, 0.15) is 11.1 Å². The molecule has 0 radical (unpaired) electrons. The van der Waals surface area contributed by atoms with E-state index in [1.165, 1.54) is 5.56 Å². The number of amides is 1. The van der Waals surface area contributed by atoms with E-state index in [2.05, 4.69) is 27.8 Å². The first-order chi connectivity index (χ1) is 14.2. The number of aromatic nitrogens is 1. The number of benzene rings is 2. The van der Waals surface area contributed by atoms with Crippen molar-refractivity contribution in [1.82, 2.24) is 4.98 Å². The van der Waals surface area contributed by atoms with Crippen LogP contribution in [0.15, 0.2) is 66.9 Å². The maximum absolute atomic E-state index is 12.3. The molecule has 0 fully saturated rings. The van der Waals surface area contributed by atoms with Gasteiger partial charge in [-0.1, -0.05) is 36.4 Å². The summed E-state index contributed by atoms with van der Waals surface area (Å²) in [5.74, 6) is 1.89. The van der Waals surface area contributed by atoms with Gasteiger partial charge < -0.3 is 20.1 Å². The Bertz CT molecular complexity index is 928. The lowest BCUT2D eigenvalue weighted by Gasteiger charge is -2.10. The quantitative estimate of drug-likeness (QED) is 0.578. The van der Waals surface area contributed by atoms with Crippen molar-refractivity contribution in [2.24, 2.45) is 0 Å². The maximum atomic E-state index is 12.3. The number of carbonyl (C=O) groups excluding carboxylic acids is 1. The Hall–Kier alpha value is -3.54. The highest BCUT2D eigenvalue weighted by Gasteiger charge is 2.09. The van der Waals surface area contributed by atoms with E-state index in [0.717, 1.165) is 24.3 Å². The van der Waals surface area contributed by atoms with Gasteiger partial charge in [-0.3, -0.25) is 4.79 Å². The Kier molecular flexibility index (Phi) is 7.05. The Morgan fingerprint density at radius 2 is 1.72 bits per heavy atom. The second-order valence-corrected chi connectivity index (χ2v) is 6.51. The van der Waals surface area contributed by atoms with Crippen molar-refractivity contribution in [3.8, 4) is 11.5 Å². The molecule has 2 aromatic carbocycles. The number of nitrogens with zero attached hydrogens (tertiary/aromatic N) is 1. The molecule has 1 aromatic heterocycles. The average molecular weight is 391 g/mol. The lowest BCUT2D eigenvalue weighted by Crippen LogP contribution is -2.15. The van der Waals surface area contributed by atoms with Gasteiger partial charge in [0, 0.05) is 6.54 Å². The molecule has 6 heteroatoms. The molecule has 0 unspecified atom stereocenters. The molecule has 0 spiro atoms. The van der Waals surface area contributed by atoms with Crippen LogP contribution in [-0.2, 0) is 17.6 Å². The zero-order chi connectivity index (χ0) is 20.5. The number of methoxy groups -OCH3 is 2. The van der Waals surface area contributed by atoms with Crippen LogP contribution in [0, 0.1) is 0 Å². The monoisotopic (exact) mass is 391 g/mol. The molecular formula is C23H25N3O3. The molecular weight excluding hydrogens is 366 g/mol. The van der Waals surface area contributed by atoms with Crippen molar-refractivity contribution in [3.63, 3.8) is 0 Å². The molecule has 0 aliphatic carbocycles. The molecule has 0 bridgehead atoms. The Balaban J connectivity index is 1.49. The van der Waals surface area contributed by atoms with E-state index in [1.54, 1.807) is 32.5 Å². The van der Waals surface area contributed by atoms with Crippen LogP contribution >= 0.6 is 0 Å². The van der Waals surface area contributed by atoms with Crippen molar-refractivity contribution >= 4 is 17.4 Å². The summed E-state index contributed by atoms with van der Waals surface area (Å²) in [7, 11) is 3.15. The molecule has 29 heavy (non-hydrogen) atoms. The molecule has 0 aliphatic rings. The number of hydrogen-bond acceptors (Lipinski definition) is 5. The van der Waals surface area contributed by atoms with Crippen molar-refractivity contribution in [3.05, 3.63) is 78.0 Å². The Labute approximate surface area is 170 Å². The van der Waals surface area contributed by atoms with E-state index in [9.17, 15) is 4.79 Å². The molecule has 1 amide bonds. The number of nitrogens with one attached hydrogen (secondary N) is 2. The van der Waals surface area contributed by atoms with Gasteiger partial charge in [0.1, 0.15) is 5.82 Å². The smallest absolute Gasteiger partial charge is 0.228 e. The summed E-state index contributed by atoms with van der Waals surface area (Å²) in [6.45, 7) is 0.794. The minimum absolute atomic E-state index is 0.121. The standard InChI is InChI=1S/C23H25N3O3/c1-28-20-10-8-18(14-21(20)29-2)15-23(27)26-19-9-11-22(25-16-19)24-13-12-17-6-4-3-5-7-17/h3-11,14,16H,12-13,15H2,1-2H3,(H,24,25)(H,26,27). The van der Waals surface area contributed by atoms with E-state index in [1.807, 2.05) is 36.4 Å². The van der Waals surface area contributed by atoms with E-state index in [4.69, 9.17) is 9.47 Å². The molecule has 2 N–H and O–H groups in total. The van der Waals surface area contributed by atoms with Crippen molar-refractivity contribution < 1.29 is 14.3 Å². The molecule has 150 valence electrons. The molecule has 0 atom stereocenters. The number of ether oxygens (including phenoxy) is 2. The summed E-state index contributed by atoms with van der Waals surface area (Å²) >= 11 is 0.